The van der Waals surface area contributed by atoms with E-state index in [4.69, 9.17) is 11.0 Å². The summed E-state index contributed by atoms with van der Waals surface area (Å²) in [6.45, 7) is 5.69. The fourth-order valence-electron chi connectivity index (χ4n) is 1.37. The van der Waals surface area contributed by atoms with Crippen LogP contribution in [0.15, 0.2) is 0 Å². The largest absolute Gasteiger partial charge is 0.383 e. The van der Waals surface area contributed by atoms with Crippen molar-refractivity contribution in [2.24, 2.45) is 7.05 Å². The molecule has 5 nitrogen and oxygen atoms in total. The molecule has 0 bridgehead atoms. The highest BCUT2D eigenvalue weighted by Gasteiger charge is 2.17. The highest BCUT2D eigenvalue weighted by molar-refractivity contribution is 5.64. The molecule has 2 N–H and O–H groups in total. The smallest absolute Gasteiger partial charge is 0.170 e. The molecule has 0 aliphatic carbocycles. The van der Waals surface area contributed by atoms with Crippen molar-refractivity contribution in [3.8, 4) is 6.07 Å². The summed E-state index contributed by atoms with van der Waals surface area (Å²) in [5.74, 6) is 1.10. The van der Waals surface area contributed by atoms with E-state index in [-0.39, 0.29) is 0 Å². The number of aryl methyl sites for hydroxylation is 1. The molecule has 1 aromatic rings. The average molecular weight is 193 g/mol. The Morgan fingerprint density at radius 1 is 1.50 bits per heavy atom. The van der Waals surface area contributed by atoms with Crippen molar-refractivity contribution >= 4 is 11.6 Å². The van der Waals surface area contributed by atoms with E-state index in [1.54, 1.807) is 7.05 Å². The topological polar surface area (TPSA) is 70.9 Å². The normalized spacial score (nSPS) is 9.86. The van der Waals surface area contributed by atoms with Gasteiger partial charge in [0.05, 0.1) is 0 Å². The molecule has 0 atom stereocenters. The maximum absolute atomic E-state index is 8.94. The first-order valence-corrected chi connectivity index (χ1v) is 4.63. The van der Waals surface area contributed by atoms with Gasteiger partial charge in [-0.3, -0.25) is 0 Å². The molecule has 0 fully saturated rings. The van der Waals surface area contributed by atoms with E-state index in [2.05, 4.69) is 11.2 Å². The molecule has 0 aliphatic rings. The van der Waals surface area contributed by atoms with Crippen molar-refractivity contribution < 1.29 is 0 Å². The fourth-order valence-corrected chi connectivity index (χ4v) is 1.37. The van der Waals surface area contributed by atoms with E-state index >= 15 is 0 Å². The van der Waals surface area contributed by atoms with Crippen molar-refractivity contribution in [3.63, 3.8) is 0 Å². The number of nitrogens with zero attached hydrogens (tertiary/aromatic N) is 4. The molecule has 0 amide bonds. The second-order valence-electron chi connectivity index (χ2n) is 2.99. The van der Waals surface area contributed by atoms with Gasteiger partial charge in [0.25, 0.3) is 0 Å². The van der Waals surface area contributed by atoms with Gasteiger partial charge in [0.1, 0.15) is 17.5 Å². The van der Waals surface area contributed by atoms with Gasteiger partial charge in [-0.2, -0.15) is 10.4 Å². The Labute approximate surface area is 83.7 Å². The number of aromatic nitrogens is 2. The number of nitrogen functional groups attached to an aromatic ring is 1. The monoisotopic (exact) mass is 193 g/mol. The summed E-state index contributed by atoms with van der Waals surface area (Å²) in [7, 11) is 1.74. The van der Waals surface area contributed by atoms with Crippen LogP contribution in [0, 0.1) is 11.3 Å². The van der Waals surface area contributed by atoms with Crippen LogP contribution in [0.25, 0.3) is 0 Å². The highest BCUT2D eigenvalue weighted by atomic mass is 15.4. The Bertz CT molecular complexity index is 356. The van der Waals surface area contributed by atoms with Gasteiger partial charge in [-0.1, -0.05) is 0 Å². The lowest BCUT2D eigenvalue weighted by molar-refractivity contribution is 0.752. The van der Waals surface area contributed by atoms with E-state index in [0.29, 0.717) is 17.2 Å². The summed E-state index contributed by atoms with van der Waals surface area (Å²) in [6, 6.07) is 2.08. The van der Waals surface area contributed by atoms with Gasteiger partial charge < -0.3 is 10.6 Å². The second kappa shape index (κ2) is 4.01. The molecule has 5 heteroatoms. The first-order valence-electron chi connectivity index (χ1n) is 4.63. The summed E-state index contributed by atoms with van der Waals surface area (Å²) in [5, 5.41) is 13.2. The second-order valence-corrected chi connectivity index (χ2v) is 2.99. The van der Waals surface area contributed by atoms with E-state index in [9.17, 15) is 0 Å². The molecule has 0 radical (unpaired) electrons. The van der Waals surface area contributed by atoms with E-state index in [0.717, 1.165) is 13.1 Å². The van der Waals surface area contributed by atoms with E-state index in [1.165, 1.54) is 4.68 Å². The quantitative estimate of drug-likeness (QED) is 0.767. The van der Waals surface area contributed by atoms with Crippen LogP contribution >= 0.6 is 0 Å². The molecular weight excluding hydrogens is 178 g/mol. The zero-order chi connectivity index (χ0) is 10.7. The lowest BCUT2D eigenvalue weighted by atomic mass is 10.3. The van der Waals surface area contributed by atoms with Crippen LogP contribution in [-0.2, 0) is 7.05 Å². The number of hydrogen-bond donors (Lipinski definition) is 1. The van der Waals surface area contributed by atoms with Gasteiger partial charge in [-0.05, 0) is 13.8 Å². The Morgan fingerprint density at radius 3 is 2.50 bits per heavy atom. The lowest BCUT2D eigenvalue weighted by Gasteiger charge is -2.17. The van der Waals surface area contributed by atoms with Crippen LogP contribution in [0.3, 0.4) is 0 Å². The van der Waals surface area contributed by atoms with Crippen molar-refractivity contribution in [2.45, 2.75) is 13.8 Å². The van der Waals surface area contributed by atoms with Gasteiger partial charge in [-0.25, -0.2) is 4.68 Å². The molecule has 1 heterocycles. The molecule has 0 saturated carbocycles. The molecule has 0 unspecified atom stereocenters. The summed E-state index contributed by atoms with van der Waals surface area (Å²) in [6.07, 6.45) is 0. The van der Waals surface area contributed by atoms with Crippen molar-refractivity contribution in [1.29, 1.82) is 5.26 Å². The maximum atomic E-state index is 8.94. The fraction of sp³-hybridized carbons (Fsp3) is 0.556. The van der Waals surface area contributed by atoms with E-state index < -0.39 is 0 Å². The van der Waals surface area contributed by atoms with Crippen LogP contribution in [0.2, 0.25) is 0 Å². The molecule has 1 rings (SSSR count). The third-order valence-corrected chi connectivity index (χ3v) is 2.25. The van der Waals surface area contributed by atoms with Crippen molar-refractivity contribution in [1.82, 2.24) is 9.78 Å². The summed E-state index contributed by atoms with van der Waals surface area (Å²) < 4.78 is 1.53. The molecule has 0 aliphatic heterocycles. The van der Waals surface area contributed by atoms with E-state index in [1.807, 2.05) is 18.7 Å². The third-order valence-electron chi connectivity index (χ3n) is 2.25. The molecule has 14 heavy (non-hydrogen) atoms. The van der Waals surface area contributed by atoms with Crippen LogP contribution in [0.5, 0.6) is 0 Å². The van der Waals surface area contributed by atoms with Crippen LogP contribution in [0.4, 0.5) is 11.6 Å². The SMILES string of the molecule is CCN(CC)c1nn(C)c(N)c1C#N. The van der Waals surface area contributed by atoms with Gasteiger partial charge in [-0.15, -0.1) is 0 Å². The minimum absolute atomic E-state index is 0.425. The summed E-state index contributed by atoms with van der Waals surface area (Å²) >= 11 is 0. The zero-order valence-corrected chi connectivity index (χ0v) is 8.78. The van der Waals surface area contributed by atoms with Gasteiger partial charge in [0.15, 0.2) is 5.82 Å². The number of rotatable bonds is 3. The van der Waals surface area contributed by atoms with Gasteiger partial charge in [0, 0.05) is 20.1 Å². The minimum Gasteiger partial charge on any atom is -0.383 e. The van der Waals surface area contributed by atoms with Crippen LogP contribution in [0.1, 0.15) is 19.4 Å². The molecule has 0 spiro atoms. The van der Waals surface area contributed by atoms with Gasteiger partial charge >= 0.3 is 0 Å². The molecule has 76 valence electrons. The molecule has 1 aromatic heterocycles. The number of hydrogen-bond acceptors (Lipinski definition) is 4. The highest BCUT2D eigenvalue weighted by Crippen LogP contribution is 2.22. The predicted molar refractivity (Wildman–Crippen MR) is 55.9 cm³/mol. The number of nitrogens with two attached hydrogens (primary N) is 1. The van der Waals surface area contributed by atoms with Crippen molar-refractivity contribution in [3.05, 3.63) is 5.56 Å². The molecule has 0 aromatic carbocycles. The lowest BCUT2D eigenvalue weighted by Crippen LogP contribution is -2.23. The first kappa shape index (κ1) is 10.4. The number of nitriles is 1. The minimum atomic E-state index is 0.425. The van der Waals surface area contributed by atoms with Crippen molar-refractivity contribution in [2.75, 3.05) is 23.7 Å². The average Bonchev–Trinajstić information content (AvgIpc) is 2.45. The summed E-state index contributed by atoms with van der Waals surface area (Å²) in [5.41, 5.74) is 6.18. The standard InChI is InChI=1S/C9H15N5/c1-4-14(5-2)9-7(6-10)8(11)13(3)12-9/h4-5,11H2,1-3H3. The maximum Gasteiger partial charge on any atom is 0.170 e. The number of anilines is 2. The van der Waals surface area contributed by atoms with Gasteiger partial charge in [0.2, 0.25) is 0 Å². The Balaban J connectivity index is 3.21. The Morgan fingerprint density at radius 2 is 2.07 bits per heavy atom. The Hall–Kier alpha value is -1.70. The Kier molecular flexibility index (Phi) is 2.97. The zero-order valence-electron chi connectivity index (χ0n) is 8.78. The van der Waals surface area contributed by atoms with Crippen LogP contribution < -0.4 is 10.6 Å². The van der Waals surface area contributed by atoms with Crippen LogP contribution in [-0.4, -0.2) is 22.9 Å². The molecular formula is C9H15N5. The first-order chi connectivity index (χ1) is 6.65. The summed E-state index contributed by atoms with van der Waals surface area (Å²) in [4.78, 5) is 2.01. The predicted octanol–water partition coefficient (Wildman–Crippen LogP) is 0.720. The third kappa shape index (κ3) is 1.51. The molecule has 0 saturated heterocycles.